The maximum Gasteiger partial charge on any atom is 0.288 e. The number of likely N-dealkylation sites (N-methyl/N-ethyl adjacent to an activating group) is 1. The van der Waals surface area contributed by atoms with Crippen LogP contribution in [0.25, 0.3) is 0 Å². The van der Waals surface area contributed by atoms with Crippen molar-refractivity contribution >= 4 is 33.5 Å². The molecule has 28 heavy (non-hydrogen) atoms. The maximum absolute atomic E-state index is 14.6. The second-order valence-corrected chi connectivity index (χ2v) is 7.78. The van der Waals surface area contributed by atoms with E-state index < -0.39 is 11.4 Å². The van der Waals surface area contributed by atoms with Crippen LogP contribution in [-0.4, -0.2) is 40.5 Å². The van der Waals surface area contributed by atoms with Crippen molar-refractivity contribution in [3.05, 3.63) is 63.6 Å². The molecule has 1 aliphatic rings. The first-order valence-corrected chi connectivity index (χ1v) is 9.61. The van der Waals surface area contributed by atoms with Crippen LogP contribution in [0, 0.1) is 5.82 Å². The predicted octanol–water partition coefficient (Wildman–Crippen LogP) is 2.84. The van der Waals surface area contributed by atoms with Crippen LogP contribution in [0.1, 0.15) is 35.5 Å². The third-order valence-electron chi connectivity index (χ3n) is 4.74. The smallest absolute Gasteiger partial charge is 0.288 e. The molecule has 2 N–H and O–H groups in total. The molecule has 1 atom stereocenters. The monoisotopic (exact) mass is 446 g/mol. The van der Waals surface area contributed by atoms with Crippen molar-refractivity contribution in [1.29, 1.82) is 0 Å². The van der Waals surface area contributed by atoms with Crippen LogP contribution in [0.2, 0.25) is 0 Å². The van der Waals surface area contributed by atoms with Crippen LogP contribution in [0.3, 0.4) is 0 Å². The lowest BCUT2D eigenvalue weighted by molar-refractivity contribution is -0.125. The van der Waals surface area contributed by atoms with E-state index in [-0.39, 0.29) is 30.5 Å². The van der Waals surface area contributed by atoms with Gasteiger partial charge >= 0.3 is 0 Å². The number of hydrogen-bond acceptors (Lipinski definition) is 5. The van der Waals surface area contributed by atoms with Gasteiger partial charge < -0.3 is 10.6 Å². The number of nitrogens with zero attached hydrogens (tertiary/aromatic N) is 3. The van der Waals surface area contributed by atoms with Gasteiger partial charge in [0.05, 0.1) is 6.54 Å². The maximum atomic E-state index is 14.6. The number of amides is 1. The van der Waals surface area contributed by atoms with Crippen molar-refractivity contribution in [1.82, 2.24) is 9.88 Å². The number of rotatable bonds is 5. The molecule has 1 amide bonds. The number of amidine groups is 1. The van der Waals surface area contributed by atoms with Crippen molar-refractivity contribution in [2.45, 2.75) is 25.8 Å². The normalized spacial score (nSPS) is 19.5. The molecule has 1 unspecified atom stereocenters. The summed E-state index contributed by atoms with van der Waals surface area (Å²) < 4.78 is 15.4. The Morgan fingerprint density at radius 3 is 2.75 bits per heavy atom. The summed E-state index contributed by atoms with van der Waals surface area (Å²) in [5.74, 6) is -1.13. The predicted molar refractivity (Wildman–Crippen MR) is 108 cm³/mol. The lowest BCUT2D eigenvalue weighted by Crippen LogP contribution is -2.52. The molecule has 1 aliphatic heterocycles. The zero-order chi connectivity index (χ0) is 20.5. The standard InChI is InChI=1S/C20H20BrFN4O2/c1-3-26-11-20(2,25-18(23)19(26)28)14-8-12(4-6-15(14)22)9-17(27)16-7-5-13(21)10-24-16/h4-8,10H,3,9,11H2,1-2H3,(H2,23,25). The van der Waals surface area contributed by atoms with E-state index in [0.29, 0.717) is 23.4 Å². The molecule has 0 spiro atoms. The van der Waals surface area contributed by atoms with Gasteiger partial charge in [-0.15, -0.1) is 0 Å². The van der Waals surface area contributed by atoms with Crippen LogP contribution in [-0.2, 0) is 16.8 Å². The number of Topliss-reactive ketones (excluding diaryl/α,β-unsaturated/α-hetero) is 1. The van der Waals surface area contributed by atoms with Gasteiger partial charge in [0, 0.05) is 29.2 Å². The minimum atomic E-state index is -1.02. The van der Waals surface area contributed by atoms with Crippen molar-refractivity contribution in [2.24, 2.45) is 10.7 Å². The highest BCUT2D eigenvalue weighted by Gasteiger charge is 2.38. The van der Waals surface area contributed by atoms with E-state index in [1.165, 1.54) is 11.0 Å². The topological polar surface area (TPSA) is 88.7 Å². The summed E-state index contributed by atoms with van der Waals surface area (Å²) in [6.07, 6.45) is 1.63. The summed E-state index contributed by atoms with van der Waals surface area (Å²) in [6.45, 7) is 4.22. The summed E-state index contributed by atoms with van der Waals surface area (Å²) in [6, 6.07) is 7.88. The van der Waals surface area contributed by atoms with Crippen LogP contribution in [0.15, 0.2) is 46.0 Å². The van der Waals surface area contributed by atoms with Crippen molar-refractivity contribution in [3.8, 4) is 0 Å². The number of hydrogen-bond donors (Lipinski definition) is 1. The molecule has 146 valence electrons. The van der Waals surface area contributed by atoms with Gasteiger partial charge in [0.1, 0.15) is 17.1 Å². The number of ketones is 1. The summed E-state index contributed by atoms with van der Waals surface area (Å²) in [5.41, 5.74) is 6.04. The summed E-state index contributed by atoms with van der Waals surface area (Å²) in [4.78, 5) is 34.5. The first-order valence-electron chi connectivity index (χ1n) is 8.82. The van der Waals surface area contributed by atoms with Gasteiger partial charge in [0.2, 0.25) is 0 Å². The summed E-state index contributed by atoms with van der Waals surface area (Å²) >= 11 is 3.28. The van der Waals surface area contributed by atoms with Crippen LogP contribution in [0.5, 0.6) is 0 Å². The largest absolute Gasteiger partial charge is 0.379 e. The number of benzene rings is 1. The Labute approximate surface area is 170 Å². The second kappa shape index (κ2) is 7.79. The highest BCUT2D eigenvalue weighted by atomic mass is 79.9. The van der Waals surface area contributed by atoms with Crippen LogP contribution in [0.4, 0.5) is 4.39 Å². The first kappa shape index (κ1) is 20.1. The Morgan fingerprint density at radius 1 is 1.36 bits per heavy atom. The zero-order valence-electron chi connectivity index (χ0n) is 15.6. The molecule has 0 radical (unpaired) electrons. The molecule has 0 saturated carbocycles. The second-order valence-electron chi connectivity index (χ2n) is 6.87. The lowest BCUT2D eigenvalue weighted by atomic mass is 9.88. The van der Waals surface area contributed by atoms with Gasteiger partial charge in [-0.2, -0.15) is 0 Å². The molecule has 8 heteroatoms. The molecule has 0 aliphatic carbocycles. The minimum absolute atomic E-state index is 0.0770. The molecule has 2 aromatic rings. The molecule has 1 aromatic carbocycles. The van der Waals surface area contributed by atoms with Gasteiger partial charge in [0.15, 0.2) is 11.6 Å². The number of aromatic nitrogens is 1. The Bertz CT molecular complexity index is 961. The van der Waals surface area contributed by atoms with Crippen LogP contribution >= 0.6 is 15.9 Å². The number of halogens is 2. The molecule has 0 bridgehead atoms. The highest BCUT2D eigenvalue weighted by molar-refractivity contribution is 9.10. The Kier molecular flexibility index (Phi) is 5.60. The molecule has 1 aromatic heterocycles. The van der Waals surface area contributed by atoms with E-state index in [1.807, 2.05) is 6.92 Å². The van der Waals surface area contributed by atoms with E-state index in [0.717, 1.165) is 4.47 Å². The number of carbonyl (C=O) groups excluding carboxylic acids is 2. The summed E-state index contributed by atoms with van der Waals surface area (Å²) in [5, 5.41) is 0. The molecular weight excluding hydrogens is 427 g/mol. The van der Waals surface area contributed by atoms with Gasteiger partial charge in [-0.05, 0) is 59.6 Å². The fourth-order valence-electron chi connectivity index (χ4n) is 3.27. The van der Waals surface area contributed by atoms with Gasteiger partial charge in [-0.25, -0.2) is 4.39 Å². The number of carbonyl (C=O) groups is 2. The number of nitrogens with two attached hydrogens (primary N) is 1. The zero-order valence-corrected chi connectivity index (χ0v) is 17.2. The van der Waals surface area contributed by atoms with E-state index in [1.54, 1.807) is 37.4 Å². The Hall–Kier alpha value is -2.61. The van der Waals surface area contributed by atoms with Crippen molar-refractivity contribution in [2.75, 3.05) is 13.1 Å². The van der Waals surface area contributed by atoms with Crippen LogP contribution < -0.4 is 5.73 Å². The van der Waals surface area contributed by atoms with E-state index in [4.69, 9.17) is 5.73 Å². The fraction of sp³-hybridized carbons (Fsp3) is 0.300. The minimum Gasteiger partial charge on any atom is -0.379 e. The fourth-order valence-corrected chi connectivity index (χ4v) is 3.50. The molecule has 3 rings (SSSR count). The molecule has 2 heterocycles. The first-order chi connectivity index (χ1) is 13.2. The lowest BCUT2D eigenvalue weighted by Gasteiger charge is -2.37. The molecule has 0 fully saturated rings. The van der Waals surface area contributed by atoms with Gasteiger partial charge in [-0.3, -0.25) is 19.6 Å². The van der Waals surface area contributed by atoms with E-state index in [9.17, 15) is 14.0 Å². The summed E-state index contributed by atoms with van der Waals surface area (Å²) in [7, 11) is 0. The quantitative estimate of drug-likeness (QED) is 0.715. The van der Waals surface area contributed by atoms with Crippen molar-refractivity contribution in [3.63, 3.8) is 0 Å². The van der Waals surface area contributed by atoms with Crippen molar-refractivity contribution < 1.29 is 14.0 Å². The highest BCUT2D eigenvalue weighted by Crippen LogP contribution is 2.32. The average molecular weight is 447 g/mol. The molecule has 0 saturated heterocycles. The van der Waals surface area contributed by atoms with Gasteiger partial charge in [-0.1, -0.05) is 6.07 Å². The molecule has 6 nitrogen and oxygen atoms in total. The average Bonchev–Trinajstić information content (AvgIpc) is 2.66. The Balaban J connectivity index is 1.92. The third kappa shape index (κ3) is 3.96. The molecular formula is C20H20BrFN4O2. The Morgan fingerprint density at radius 2 is 2.11 bits per heavy atom. The number of pyridine rings is 1. The van der Waals surface area contributed by atoms with E-state index in [2.05, 4.69) is 25.9 Å². The third-order valence-corrected chi connectivity index (χ3v) is 5.21. The SMILES string of the molecule is CCN1CC(C)(c2cc(CC(=O)c3ccc(Br)cn3)ccc2F)N=C(N)C1=O. The van der Waals surface area contributed by atoms with Gasteiger partial charge in [0.25, 0.3) is 5.91 Å². The number of aliphatic imine (C=N–C) groups is 1. The van der Waals surface area contributed by atoms with E-state index >= 15 is 0 Å².